The second-order valence-corrected chi connectivity index (χ2v) is 10.6. The molecule has 1 unspecified atom stereocenters. The van der Waals surface area contributed by atoms with Crippen molar-refractivity contribution in [3.8, 4) is 0 Å². The first-order valence-electron chi connectivity index (χ1n) is 11.0. The monoisotopic (exact) mass is 523 g/mol. The number of esters is 1. The first kappa shape index (κ1) is 26.8. The summed E-state index contributed by atoms with van der Waals surface area (Å²) < 4.78 is 32.3. The molecule has 1 amide bonds. The van der Waals surface area contributed by atoms with E-state index in [0.717, 1.165) is 37.2 Å². The van der Waals surface area contributed by atoms with Crippen LogP contribution in [-0.2, 0) is 37.2 Å². The van der Waals surface area contributed by atoms with Crippen molar-refractivity contribution in [2.24, 2.45) is 4.99 Å². The fourth-order valence-electron chi connectivity index (χ4n) is 3.21. The van der Waals surface area contributed by atoms with Gasteiger partial charge in [0.2, 0.25) is 15.9 Å². The van der Waals surface area contributed by atoms with Crippen molar-refractivity contribution in [2.75, 3.05) is 26.7 Å². The molecule has 190 valence electrons. The average molecular weight is 524 g/mol. The van der Waals surface area contributed by atoms with E-state index in [0.29, 0.717) is 11.4 Å². The van der Waals surface area contributed by atoms with E-state index in [-0.39, 0.29) is 24.2 Å². The minimum Gasteiger partial charge on any atom is -0.468 e. The predicted octanol–water partition coefficient (Wildman–Crippen LogP) is -0.495. The summed E-state index contributed by atoms with van der Waals surface area (Å²) in [5.41, 5.74) is 0.753. The fourth-order valence-corrected chi connectivity index (χ4v) is 5.38. The Hall–Kier alpha value is -2.78. The summed E-state index contributed by atoms with van der Waals surface area (Å²) in [6, 6.07) is 4.98. The number of carbonyl (C=O) groups is 2. The summed E-state index contributed by atoms with van der Waals surface area (Å²) in [6.07, 6.45) is 3.31. The lowest BCUT2D eigenvalue weighted by Gasteiger charge is -2.17. The van der Waals surface area contributed by atoms with Gasteiger partial charge in [0, 0.05) is 25.7 Å². The molecule has 35 heavy (non-hydrogen) atoms. The summed E-state index contributed by atoms with van der Waals surface area (Å²) in [5, 5.41) is 18.5. The van der Waals surface area contributed by atoms with Gasteiger partial charge in [-0.3, -0.25) is 25.2 Å². The number of amides is 1. The Labute approximate surface area is 208 Å². The molecule has 0 aliphatic carbocycles. The van der Waals surface area contributed by atoms with E-state index in [1.807, 2.05) is 6.21 Å². The van der Waals surface area contributed by atoms with E-state index < -0.39 is 27.9 Å². The standard InChI is InChI=1S/C21H29N7O5S2/c1-14-5-3-6-15(11-14)35(31,32)28-16(20(30)33-2)13-25-17(29)12-19-27-26-18(34-19)7-4-8-22-21-23-9-10-24-21/h3,5-6,9,11,16,21-22,24,28H,4,7-8,10,12-13H2,1-2H3,(H,25,29)/t16-,21?/m0/s1. The first-order valence-corrected chi connectivity index (χ1v) is 13.3. The number of aryl methyl sites for hydroxylation is 2. The van der Waals surface area contributed by atoms with Crippen molar-refractivity contribution in [3.63, 3.8) is 0 Å². The Balaban J connectivity index is 1.47. The zero-order chi connectivity index (χ0) is 25.3. The lowest BCUT2D eigenvalue weighted by atomic mass is 10.2. The third-order valence-corrected chi connectivity index (χ3v) is 7.42. The molecule has 2 heterocycles. The van der Waals surface area contributed by atoms with Gasteiger partial charge in [0.15, 0.2) is 6.29 Å². The van der Waals surface area contributed by atoms with E-state index in [2.05, 4.69) is 35.9 Å². The van der Waals surface area contributed by atoms with Crippen molar-refractivity contribution < 1.29 is 22.7 Å². The molecule has 1 aliphatic heterocycles. The molecular formula is C21H29N7O5S2. The lowest BCUT2D eigenvalue weighted by molar-refractivity contribution is -0.142. The van der Waals surface area contributed by atoms with Gasteiger partial charge in [-0.2, -0.15) is 4.72 Å². The van der Waals surface area contributed by atoms with Gasteiger partial charge in [-0.25, -0.2) is 8.42 Å². The zero-order valence-electron chi connectivity index (χ0n) is 19.5. The van der Waals surface area contributed by atoms with Crippen molar-refractivity contribution in [1.82, 2.24) is 30.9 Å². The van der Waals surface area contributed by atoms with Gasteiger partial charge in [-0.1, -0.05) is 12.1 Å². The van der Waals surface area contributed by atoms with Gasteiger partial charge in [0.1, 0.15) is 16.1 Å². The normalized spacial score (nSPS) is 16.2. The summed E-state index contributed by atoms with van der Waals surface area (Å²) in [4.78, 5) is 28.8. The topological polar surface area (TPSA) is 164 Å². The molecule has 0 fully saturated rings. The van der Waals surface area contributed by atoms with Gasteiger partial charge in [0.05, 0.1) is 18.4 Å². The molecule has 0 spiro atoms. The SMILES string of the molecule is COC(=O)[C@H](CNC(=O)Cc1nnc(CCCNC2N=CCN2)s1)NS(=O)(=O)c1cccc(C)c1. The van der Waals surface area contributed by atoms with Gasteiger partial charge < -0.3 is 10.1 Å². The van der Waals surface area contributed by atoms with Crippen LogP contribution in [0.4, 0.5) is 0 Å². The van der Waals surface area contributed by atoms with Crippen LogP contribution in [0.2, 0.25) is 0 Å². The number of rotatable bonds is 13. The van der Waals surface area contributed by atoms with Gasteiger partial charge in [-0.15, -0.1) is 21.5 Å². The van der Waals surface area contributed by atoms with Gasteiger partial charge >= 0.3 is 5.97 Å². The number of methoxy groups -OCH3 is 1. The highest BCUT2D eigenvalue weighted by Gasteiger charge is 2.27. The molecule has 4 N–H and O–H groups in total. The fraction of sp³-hybridized carbons (Fsp3) is 0.476. The third kappa shape index (κ3) is 8.43. The summed E-state index contributed by atoms with van der Waals surface area (Å²) >= 11 is 1.34. The number of sulfonamides is 1. The molecule has 1 aromatic heterocycles. The molecular weight excluding hydrogens is 494 g/mol. The number of ether oxygens (including phenoxy) is 1. The quantitative estimate of drug-likeness (QED) is 0.200. The number of aromatic nitrogens is 2. The average Bonchev–Trinajstić information content (AvgIpc) is 3.51. The van der Waals surface area contributed by atoms with Crippen molar-refractivity contribution in [2.45, 2.75) is 43.4 Å². The summed E-state index contributed by atoms with van der Waals surface area (Å²) in [6.45, 7) is 3.01. The van der Waals surface area contributed by atoms with Crippen molar-refractivity contribution in [1.29, 1.82) is 0 Å². The number of benzene rings is 1. The Morgan fingerprint density at radius 2 is 2.09 bits per heavy atom. The predicted molar refractivity (Wildman–Crippen MR) is 131 cm³/mol. The van der Waals surface area contributed by atoms with Crippen LogP contribution in [0, 0.1) is 6.92 Å². The minimum absolute atomic E-state index is 0.0153. The molecule has 0 radical (unpaired) electrons. The molecule has 12 nitrogen and oxygen atoms in total. The van der Waals surface area contributed by atoms with E-state index in [1.54, 1.807) is 19.1 Å². The summed E-state index contributed by atoms with van der Waals surface area (Å²) in [5.74, 6) is -1.23. The largest absolute Gasteiger partial charge is 0.468 e. The van der Waals surface area contributed by atoms with Crippen LogP contribution >= 0.6 is 11.3 Å². The second-order valence-electron chi connectivity index (χ2n) is 7.78. The van der Waals surface area contributed by atoms with E-state index in [1.165, 1.54) is 23.5 Å². The van der Waals surface area contributed by atoms with E-state index >= 15 is 0 Å². The molecule has 0 saturated heterocycles. The molecule has 2 atom stereocenters. The maximum absolute atomic E-state index is 12.7. The highest BCUT2D eigenvalue weighted by molar-refractivity contribution is 7.89. The maximum Gasteiger partial charge on any atom is 0.325 e. The number of nitrogens with zero attached hydrogens (tertiary/aromatic N) is 3. The Bertz CT molecular complexity index is 1150. The molecule has 3 rings (SSSR count). The first-order chi connectivity index (χ1) is 16.8. The lowest BCUT2D eigenvalue weighted by Crippen LogP contribution is -2.49. The van der Waals surface area contributed by atoms with Crippen molar-refractivity contribution in [3.05, 3.63) is 39.8 Å². The van der Waals surface area contributed by atoms with Crippen LogP contribution in [0.3, 0.4) is 0 Å². The molecule has 14 heteroatoms. The number of hydrogen-bond acceptors (Lipinski definition) is 11. The highest BCUT2D eigenvalue weighted by atomic mass is 32.2. The Morgan fingerprint density at radius 3 is 2.80 bits per heavy atom. The van der Waals surface area contributed by atoms with Crippen LogP contribution in [0.25, 0.3) is 0 Å². The van der Waals surface area contributed by atoms with Gasteiger partial charge in [-0.05, 0) is 37.6 Å². The maximum atomic E-state index is 12.7. The van der Waals surface area contributed by atoms with E-state index in [4.69, 9.17) is 4.74 Å². The number of aliphatic imine (C=N–C) groups is 1. The van der Waals surface area contributed by atoms with Crippen LogP contribution in [0.15, 0.2) is 34.2 Å². The minimum atomic E-state index is -4.00. The number of hydrogen-bond donors (Lipinski definition) is 4. The van der Waals surface area contributed by atoms with E-state index in [9.17, 15) is 18.0 Å². The molecule has 1 aliphatic rings. The van der Waals surface area contributed by atoms with Gasteiger partial charge in [0.25, 0.3) is 0 Å². The zero-order valence-corrected chi connectivity index (χ0v) is 21.1. The van der Waals surface area contributed by atoms with Crippen LogP contribution < -0.4 is 20.7 Å². The second kappa shape index (κ2) is 12.8. The summed E-state index contributed by atoms with van der Waals surface area (Å²) in [7, 11) is -2.85. The van der Waals surface area contributed by atoms with Crippen LogP contribution in [0.1, 0.15) is 22.0 Å². The molecule has 0 bridgehead atoms. The van der Waals surface area contributed by atoms with Crippen molar-refractivity contribution >= 4 is 39.5 Å². The highest BCUT2D eigenvalue weighted by Crippen LogP contribution is 2.13. The number of carbonyl (C=O) groups excluding carboxylic acids is 2. The molecule has 0 saturated carbocycles. The Morgan fingerprint density at radius 1 is 1.29 bits per heavy atom. The molecule has 1 aromatic carbocycles. The van der Waals surface area contributed by atoms with Crippen LogP contribution in [0.5, 0.6) is 0 Å². The third-order valence-electron chi connectivity index (χ3n) is 4.97. The molecule has 2 aromatic rings. The number of nitrogens with one attached hydrogen (secondary N) is 4. The Kier molecular flexibility index (Phi) is 9.80. The van der Waals surface area contributed by atoms with Crippen LogP contribution in [-0.4, -0.2) is 75.8 Å². The smallest absolute Gasteiger partial charge is 0.325 e.